The van der Waals surface area contributed by atoms with E-state index in [2.05, 4.69) is 45.8 Å². The molecular weight excluding hydrogens is 368 g/mol. The summed E-state index contributed by atoms with van der Waals surface area (Å²) in [6, 6.07) is 0. The van der Waals surface area contributed by atoms with Crippen LogP contribution in [0.4, 0.5) is 0 Å². The van der Waals surface area contributed by atoms with Crippen LogP contribution in [0.25, 0.3) is 11.5 Å². The zero-order valence-electron chi connectivity index (χ0n) is 17.1. The molecule has 3 aromatic heterocycles. The van der Waals surface area contributed by atoms with E-state index < -0.39 is 0 Å². The van der Waals surface area contributed by atoms with E-state index in [1.54, 1.807) is 18.6 Å². The zero-order chi connectivity index (χ0) is 20.1. The molecule has 5 rings (SSSR count). The number of hydrogen-bond acceptors (Lipinski definition) is 8. The Bertz CT molecular complexity index is 992. The molecule has 0 N–H and O–H groups in total. The minimum absolute atomic E-state index is 0.0333. The normalized spacial score (nSPS) is 24.9. The third-order valence-corrected chi connectivity index (χ3v) is 6.24. The summed E-state index contributed by atoms with van der Waals surface area (Å²) < 4.78 is 11.8. The Morgan fingerprint density at radius 3 is 2.86 bits per heavy atom. The topological polar surface area (TPSA) is 94.0 Å². The van der Waals surface area contributed by atoms with E-state index in [0.717, 1.165) is 37.1 Å². The summed E-state index contributed by atoms with van der Waals surface area (Å²) in [4.78, 5) is 20.0. The number of oxazole rings is 1. The van der Waals surface area contributed by atoms with Gasteiger partial charge in [0.1, 0.15) is 11.5 Å². The van der Waals surface area contributed by atoms with Gasteiger partial charge >= 0.3 is 0 Å². The molecule has 0 spiro atoms. The average molecular weight is 394 g/mol. The van der Waals surface area contributed by atoms with E-state index in [4.69, 9.17) is 13.9 Å². The van der Waals surface area contributed by atoms with Crippen molar-refractivity contribution >= 4 is 0 Å². The number of hydrogen-bond donors (Lipinski definition) is 0. The molecule has 1 saturated carbocycles. The van der Waals surface area contributed by atoms with Crippen molar-refractivity contribution in [1.29, 1.82) is 0 Å². The molecule has 8 heteroatoms. The summed E-state index contributed by atoms with van der Waals surface area (Å²) in [5.74, 6) is 3.44. The Morgan fingerprint density at radius 1 is 1.21 bits per heavy atom. The second-order valence-electron chi connectivity index (χ2n) is 9.30. The minimum Gasteiger partial charge on any atom is -0.444 e. The first-order valence-electron chi connectivity index (χ1n) is 10.2. The summed E-state index contributed by atoms with van der Waals surface area (Å²) >= 11 is 0. The Kier molecular flexibility index (Phi) is 4.27. The molecule has 0 amide bonds. The van der Waals surface area contributed by atoms with Gasteiger partial charge in [-0.05, 0) is 18.8 Å². The third-order valence-electron chi connectivity index (χ3n) is 6.24. The van der Waals surface area contributed by atoms with Crippen LogP contribution in [-0.4, -0.2) is 43.1 Å². The fraction of sp³-hybridized carbons (Fsp3) is 0.571. The summed E-state index contributed by atoms with van der Waals surface area (Å²) in [5.41, 5.74) is 0.513. The predicted molar refractivity (Wildman–Crippen MR) is 105 cm³/mol. The standard InChI is InChI=1S/C21H26N6O2/c1-20(2,3)16-10-24-17(28-16)12-27-11-14-5-4-6-21(14,13-27)19-25-18(26-29-19)15-9-22-7-8-23-15/h7-10,14H,4-6,11-13H2,1-3H3/t14-,21-/m1/s1. The molecule has 1 saturated heterocycles. The van der Waals surface area contributed by atoms with E-state index in [1.807, 2.05) is 6.20 Å². The van der Waals surface area contributed by atoms with Crippen molar-refractivity contribution < 1.29 is 8.94 Å². The van der Waals surface area contributed by atoms with Gasteiger partial charge in [0.15, 0.2) is 0 Å². The lowest BCUT2D eigenvalue weighted by atomic mass is 9.80. The maximum absolute atomic E-state index is 6.01. The first-order valence-corrected chi connectivity index (χ1v) is 10.2. The molecule has 2 fully saturated rings. The van der Waals surface area contributed by atoms with Crippen LogP contribution < -0.4 is 0 Å². The van der Waals surface area contributed by atoms with Crippen LogP contribution >= 0.6 is 0 Å². The van der Waals surface area contributed by atoms with Crippen molar-refractivity contribution in [3.63, 3.8) is 0 Å². The van der Waals surface area contributed by atoms with Crippen molar-refractivity contribution in [3.8, 4) is 11.5 Å². The molecule has 8 nitrogen and oxygen atoms in total. The molecule has 1 aliphatic heterocycles. The Hall–Kier alpha value is -2.61. The second kappa shape index (κ2) is 6.73. The molecule has 3 aromatic rings. The highest BCUT2D eigenvalue weighted by Gasteiger charge is 2.54. The average Bonchev–Trinajstić information content (AvgIpc) is 3.45. The molecule has 0 aromatic carbocycles. The van der Waals surface area contributed by atoms with E-state index in [-0.39, 0.29) is 10.8 Å². The van der Waals surface area contributed by atoms with Crippen molar-refractivity contribution in [2.45, 2.75) is 57.4 Å². The maximum Gasteiger partial charge on any atom is 0.234 e. The number of rotatable bonds is 4. The van der Waals surface area contributed by atoms with Crippen LogP contribution in [0, 0.1) is 5.92 Å². The summed E-state index contributed by atoms with van der Waals surface area (Å²) in [6.45, 7) is 8.99. The molecule has 4 heterocycles. The molecule has 0 radical (unpaired) electrons. The van der Waals surface area contributed by atoms with Gasteiger partial charge in [0.25, 0.3) is 0 Å². The van der Waals surface area contributed by atoms with Crippen LogP contribution in [0.1, 0.15) is 57.6 Å². The Labute approximate surface area is 169 Å². The zero-order valence-corrected chi connectivity index (χ0v) is 17.1. The molecule has 29 heavy (non-hydrogen) atoms. The van der Waals surface area contributed by atoms with Crippen molar-refractivity contribution in [1.82, 2.24) is 30.0 Å². The molecule has 2 atom stereocenters. The lowest BCUT2D eigenvalue weighted by Gasteiger charge is -2.24. The Morgan fingerprint density at radius 2 is 2.10 bits per heavy atom. The van der Waals surface area contributed by atoms with Crippen molar-refractivity contribution in [3.05, 3.63) is 42.3 Å². The SMILES string of the molecule is CC(C)(C)c1cnc(CN2C[C@H]3CCC[C@@]3(c3nc(-c4cnccn4)no3)C2)o1. The molecule has 0 unspecified atom stereocenters. The molecule has 152 valence electrons. The van der Waals surface area contributed by atoms with Gasteiger partial charge < -0.3 is 8.94 Å². The van der Waals surface area contributed by atoms with Gasteiger partial charge in [-0.2, -0.15) is 4.98 Å². The predicted octanol–water partition coefficient (Wildman–Crippen LogP) is 3.37. The van der Waals surface area contributed by atoms with Gasteiger partial charge in [-0.15, -0.1) is 0 Å². The molecule has 1 aliphatic carbocycles. The van der Waals surface area contributed by atoms with E-state index >= 15 is 0 Å². The number of likely N-dealkylation sites (tertiary alicyclic amines) is 1. The highest BCUT2D eigenvalue weighted by atomic mass is 16.5. The second-order valence-corrected chi connectivity index (χ2v) is 9.30. The van der Waals surface area contributed by atoms with E-state index in [1.165, 1.54) is 12.8 Å². The lowest BCUT2D eigenvalue weighted by Crippen LogP contribution is -2.32. The fourth-order valence-electron chi connectivity index (χ4n) is 4.73. The van der Waals surface area contributed by atoms with Crippen LogP contribution in [0.15, 0.2) is 33.7 Å². The summed E-state index contributed by atoms with van der Waals surface area (Å²) in [7, 11) is 0. The quantitative estimate of drug-likeness (QED) is 0.665. The number of aromatic nitrogens is 5. The van der Waals surface area contributed by atoms with E-state index in [0.29, 0.717) is 24.0 Å². The van der Waals surface area contributed by atoms with Gasteiger partial charge in [-0.1, -0.05) is 32.3 Å². The molecule has 2 aliphatic rings. The fourth-order valence-corrected chi connectivity index (χ4v) is 4.73. The van der Waals surface area contributed by atoms with Crippen LogP contribution in [0.2, 0.25) is 0 Å². The number of fused-ring (bicyclic) bond motifs is 1. The van der Waals surface area contributed by atoms with Gasteiger partial charge in [0, 0.05) is 30.9 Å². The van der Waals surface area contributed by atoms with E-state index in [9.17, 15) is 0 Å². The van der Waals surface area contributed by atoms with Crippen LogP contribution in [0.3, 0.4) is 0 Å². The monoisotopic (exact) mass is 394 g/mol. The largest absolute Gasteiger partial charge is 0.444 e. The first kappa shape index (κ1) is 18.4. The van der Waals surface area contributed by atoms with Gasteiger partial charge in [-0.25, -0.2) is 9.97 Å². The van der Waals surface area contributed by atoms with Crippen molar-refractivity contribution in [2.24, 2.45) is 5.92 Å². The molecule has 0 bridgehead atoms. The van der Waals surface area contributed by atoms with Gasteiger partial charge in [0.2, 0.25) is 17.6 Å². The number of nitrogens with zero attached hydrogens (tertiary/aromatic N) is 6. The Balaban J connectivity index is 1.36. The van der Waals surface area contributed by atoms with Crippen LogP contribution in [-0.2, 0) is 17.4 Å². The first-order chi connectivity index (χ1) is 13.9. The molecular formula is C21H26N6O2. The lowest BCUT2D eigenvalue weighted by molar-refractivity contribution is 0.232. The third kappa shape index (κ3) is 3.25. The van der Waals surface area contributed by atoms with Gasteiger partial charge in [-0.3, -0.25) is 9.88 Å². The summed E-state index contributed by atoms with van der Waals surface area (Å²) in [6.07, 6.45) is 10.2. The van der Waals surface area contributed by atoms with Crippen molar-refractivity contribution in [2.75, 3.05) is 13.1 Å². The summed E-state index contributed by atoms with van der Waals surface area (Å²) in [5, 5.41) is 4.19. The highest BCUT2D eigenvalue weighted by Crippen LogP contribution is 2.50. The van der Waals surface area contributed by atoms with Crippen LogP contribution in [0.5, 0.6) is 0 Å². The maximum atomic E-state index is 6.01. The minimum atomic E-state index is -0.0904. The smallest absolute Gasteiger partial charge is 0.234 e. The highest BCUT2D eigenvalue weighted by molar-refractivity contribution is 5.46. The van der Waals surface area contributed by atoms with Gasteiger partial charge in [0.05, 0.1) is 24.4 Å².